The topological polar surface area (TPSA) is 55.0 Å². The van der Waals surface area contributed by atoms with Crippen molar-refractivity contribution in [2.24, 2.45) is 5.73 Å². The molecule has 1 aromatic rings. The maximum atomic E-state index is 5.90. The number of nitrogens with zero attached hydrogens (tertiary/aromatic N) is 3. The Labute approximate surface area is 90.5 Å². The largest absolute Gasteiger partial charge is 0.326 e. The molecule has 1 saturated heterocycles. The number of hydrogen-bond donors (Lipinski definition) is 1. The lowest BCUT2D eigenvalue weighted by Crippen LogP contribution is -2.29. The number of aryl methyl sites for hydroxylation is 1. The number of aromatic nitrogens is 2. The van der Waals surface area contributed by atoms with Crippen LogP contribution in [0.5, 0.6) is 0 Å². The second kappa shape index (κ2) is 4.24. The molecule has 2 heterocycles. The molecule has 0 spiro atoms. The van der Waals surface area contributed by atoms with Crippen LogP contribution in [-0.2, 0) is 0 Å². The van der Waals surface area contributed by atoms with Gasteiger partial charge < -0.3 is 5.73 Å². The van der Waals surface area contributed by atoms with Gasteiger partial charge in [-0.3, -0.25) is 14.9 Å². The third-order valence-electron chi connectivity index (χ3n) is 3.12. The van der Waals surface area contributed by atoms with Crippen LogP contribution in [0.1, 0.15) is 30.8 Å². The Hall–Kier alpha value is -1.00. The molecule has 4 heteroatoms. The molecule has 0 bridgehead atoms. The summed E-state index contributed by atoms with van der Waals surface area (Å²) in [5.41, 5.74) is 8.00. The van der Waals surface area contributed by atoms with E-state index >= 15 is 0 Å². The van der Waals surface area contributed by atoms with Gasteiger partial charge in [-0.1, -0.05) is 0 Å². The standard InChI is InChI=1S/C11H18N4/c1-8-11(14-5-4-13-8)9(2)15-6-3-10(12)7-15/h4-5,9-10H,3,6-7,12H2,1-2H3. The van der Waals surface area contributed by atoms with Gasteiger partial charge in [0.05, 0.1) is 17.4 Å². The summed E-state index contributed by atoms with van der Waals surface area (Å²) in [4.78, 5) is 11.0. The van der Waals surface area contributed by atoms with E-state index in [-0.39, 0.29) is 0 Å². The third-order valence-corrected chi connectivity index (χ3v) is 3.12. The summed E-state index contributed by atoms with van der Waals surface area (Å²) in [7, 11) is 0. The molecule has 0 saturated carbocycles. The molecular weight excluding hydrogens is 188 g/mol. The Morgan fingerprint density at radius 2 is 2.20 bits per heavy atom. The average molecular weight is 206 g/mol. The van der Waals surface area contributed by atoms with Gasteiger partial charge in [-0.05, 0) is 20.3 Å². The third kappa shape index (κ3) is 2.16. The summed E-state index contributed by atoms with van der Waals surface area (Å²) < 4.78 is 0. The zero-order valence-corrected chi connectivity index (χ0v) is 9.35. The molecule has 15 heavy (non-hydrogen) atoms. The molecule has 1 aliphatic heterocycles. The predicted molar refractivity (Wildman–Crippen MR) is 59.3 cm³/mol. The van der Waals surface area contributed by atoms with Crippen LogP contribution in [0.4, 0.5) is 0 Å². The van der Waals surface area contributed by atoms with Gasteiger partial charge in [0.2, 0.25) is 0 Å². The van der Waals surface area contributed by atoms with E-state index in [4.69, 9.17) is 5.73 Å². The summed E-state index contributed by atoms with van der Waals surface area (Å²) in [5, 5.41) is 0. The van der Waals surface area contributed by atoms with Gasteiger partial charge >= 0.3 is 0 Å². The van der Waals surface area contributed by atoms with Crippen LogP contribution >= 0.6 is 0 Å². The first-order valence-electron chi connectivity index (χ1n) is 5.45. The zero-order chi connectivity index (χ0) is 10.8. The average Bonchev–Trinajstić information content (AvgIpc) is 2.65. The second-order valence-corrected chi connectivity index (χ2v) is 4.25. The van der Waals surface area contributed by atoms with E-state index < -0.39 is 0 Å². The zero-order valence-electron chi connectivity index (χ0n) is 9.35. The Morgan fingerprint density at radius 1 is 1.47 bits per heavy atom. The normalized spacial score (nSPS) is 24.3. The van der Waals surface area contributed by atoms with Crippen molar-refractivity contribution in [3.63, 3.8) is 0 Å². The molecule has 0 aromatic carbocycles. The lowest BCUT2D eigenvalue weighted by atomic mass is 10.1. The lowest BCUT2D eigenvalue weighted by molar-refractivity contribution is 0.254. The molecule has 0 radical (unpaired) electrons. The van der Waals surface area contributed by atoms with E-state index in [9.17, 15) is 0 Å². The molecule has 1 aliphatic rings. The molecule has 2 unspecified atom stereocenters. The summed E-state index contributed by atoms with van der Waals surface area (Å²) in [6.45, 7) is 6.22. The van der Waals surface area contributed by atoms with Gasteiger partial charge in [0, 0.05) is 31.5 Å². The lowest BCUT2D eigenvalue weighted by Gasteiger charge is -2.24. The summed E-state index contributed by atoms with van der Waals surface area (Å²) in [6.07, 6.45) is 4.58. The monoisotopic (exact) mass is 206 g/mol. The fourth-order valence-corrected chi connectivity index (χ4v) is 2.17. The van der Waals surface area contributed by atoms with Gasteiger partial charge in [0.1, 0.15) is 0 Å². The van der Waals surface area contributed by atoms with Gasteiger partial charge in [-0.15, -0.1) is 0 Å². The van der Waals surface area contributed by atoms with Crippen molar-refractivity contribution < 1.29 is 0 Å². The minimum Gasteiger partial charge on any atom is -0.326 e. The molecule has 2 rings (SSSR count). The Bertz CT molecular complexity index is 339. The number of nitrogens with two attached hydrogens (primary N) is 1. The minimum absolute atomic E-state index is 0.324. The van der Waals surface area contributed by atoms with Crippen molar-refractivity contribution in [1.82, 2.24) is 14.9 Å². The number of rotatable bonds is 2. The SMILES string of the molecule is Cc1nccnc1C(C)N1CCC(N)C1. The quantitative estimate of drug-likeness (QED) is 0.780. The van der Waals surface area contributed by atoms with E-state index in [1.807, 2.05) is 6.92 Å². The van der Waals surface area contributed by atoms with Crippen LogP contribution in [0.15, 0.2) is 12.4 Å². The van der Waals surface area contributed by atoms with E-state index in [2.05, 4.69) is 21.8 Å². The van der Waals surface area contributed by atoms with Crippen molar-refractivity contribution >= 4 is 0 Å². The first-order valence-corrected chi connectivity index (χ1v) is 5.45. The van der Waals surface area contributed by atoms with Crippen molar-refractivity contribution in [2.75, 3.05) is 13.1 Å². The summed E-state index contributed by atoms with van der Waals surface area (Å²) in [5.74, 6) is 0. The maximum absolute atomic E-state index is 5.90. The number of likely N-dealkylation sites (tertiary alicyclic amines) is 1. The van der Waals surface area contributed by atoms with Crippen molar-refractivity contribution in [1.29, 1.82) is 0 Å². The fourth-order valence-electron chi connectivity index (χ4n) is 2.17. The van der Waals surface area contributed by atoms with Crippen LogP contribution in [0.3, 0.4) is 0 Å². The molecule has 1 aromatic heterocycles. The van der Waals surface area contributed by atoms with Gasteiger partial charge in [0.25, 0.3) is 0 Å². The molecule has 4 nitrogen and oxygen atoms in total. The highest BCUT2D eigenvalue weighted by Crippen LogP contribution is 2.23. The number of hydrogen-bond acceptors (Lipinski definition) is 4. The van der Waals surface area contributed by atoms with E-state index in [0.29, 0.717) is 12.1 Å². The second-order valence-electron chi connectivity index (χ2n) is 4.25. The fraction of sp³-hybridized carbons (Fsp3) is 0.636. The minimum atomic E-state index is 0.324. The van der Waals surface area contributed by atoms with E-state index in [0.717, 1.165) is 30.9 Å². The Balaban J connectivity index is 2.14. The van der Waals surface area contributed by atoms with Crippen LogP contribution in [-0.4, -0.2) is 34.0 Å². The van der Waals surface area contributed by atoms with E-state index in [1.54, 1.807) is 12.4 Å². The Morgan fingerprint density at radius 3 is 2.80 bits per heavy atom. The van der Waals surface area contributed by atoms with Crippen molar-refractivity contribution in [3.05, 3.63) is 23.8 Å². The molecule has 2 atom stereocenters. The van der Waals surface area contributed by atoms with Crippen LogP contribution < -0.4 is 5.73 Å². The van der Waals surface area contributed by atoms with Crippen LogP contribution in [0.2, 0.25) is 0 Å². The smallest absolute Gasteiger partial charge is 0.0784 e. The molecule has 0 aliphatic carbocycles. The predicted octanol–water partition coefficient (Wildman–Crippen LogP) is 0.879. The molecular formula is C11H18N4. The van der Waals surface area contributed by atoms with Gasteiger partial charge in [-0.25, -0.2) is 0 Å². The van der Waals surface area contributed by atoms with Crippen molar-refractivity contribution in [2.45, 2.75) is 32.4 Å². The van der Waals surface area contributed by atoms with Crippen LogP contribution in [0.25, 0.3) is 0 Å². The molecule has 2 N–H and O–H groups in total. The highest BCUT2D eigenvalue weighted by atomic mass is 15.2. The van der Waals surface area contributed by atoms with Crippen LogP contribution in [0, 0.1) is 6.92 Å². The highest BCUT2D eigenvalue weighted by molar-refractivity contribution is 5.13. The Kier molecular flexibility index (Phi) is 2.98. The van der Waals surface area contributed by atoms with Gasteiger partial charge in [-0.2, -0.15) is 0 Å². The molecule has 82 valence electrons. The first-order chi connectivity index (χ1) is 7.18. The first kappa shape index (κ1) is 10.5. The molecule has 0 amide bonds. The summed E-state index contributed by atoms with van der Waals surface area (Å²) >= 11 is 0. The maximum Gasteiger partial charge on any atom is 0.0784 e. The van der Waals surface area contributed by atoms with E-state index in [1.165, 1.54) is 0 Å². The van der Waals surface area contributed by atoms with Gasteiger partial charge in [0.15, 0.2) is 0 Å². The van der Waals surface area contributed by atoms with Crippen molar-refractivity contribution in [3.8, 4) is 0 Å². The summed E-state index contributed by atoms with van der Waals surface area (Å²) in [6, 6.07) is 0.650. The highest BCUT2D eigenvalue weighted by Gasteiger charge is 2.25. The molecule has 1 fully saturated rings.